The van der Waals surface area contributed by atoms with Crippen molar-refractivity contribution in [3.63, 3.8) is 0 Å². The average molecular weight is 230 g/mol. The van der Waals surface area contributed by atoms with Crippen molar-refractivity contribution in [3.05, 3.63) is 30.5 Å². The van der Waals surface area contributed by atoms with Crippen molar-refractivity contribution in [2.24, 2.45) is 0 Å². The standard InChI is InChI=1S/C9H5F3N2O2/c10-9(11,12)15-7-3-1-6(2-4-7)8-5-13-16-14-8/h1-5H. The lowest BCUT2D eigenvalue weighted by Crippen LogP contribution is -2.16. The van der Waals surface area contributed by atoms with Crippen molar-refractivity contribution in [1.29, 1.82) is 0 Å². The third kappa shape index (κ3) is 2.50. The summed E-state index contributed by atoms with van der Waals surface area (Å²) in [5.74, 6) is -0.285. The van der Waals surface area contributed by atoms with Crippen LogP contribution in [0.4, 0.5) is 13.2 Å². The van der Waals surface area contributed by atoms with Gasteiger partial charge >= 0.3 is 6.36 Å². The molecule has 0 saturated carbocycles. The Bertz CT molecular complexity index is 451. The van der Waals surface area contributed by atoms with E-state index in [-0.39, 0.29) is 5.75 Å². The summed E-state index contributed by atoms with van der Waals surface area (Å²) in [6, 6.07) is 5.25. The summed E-state index contributed by atoms with van der Waals surface area (Å²) in [6.07, 6.45) is -3.32. The van der Waals surface area contributed by atoms with Gasteiger partial charge in [-0.3, -0.25) is 0 Å². The molecule has 0 amide bonds. The van der Waals surface area contributed by atoms with Gasteiger partial charge in [-0.25, -0.2) is 4.63 Å². The molecule has 1 aromatic carbocycles. The van der Waals surface area contributed by atoms with Crippen molar-refractivity contribution in [2.45, 2.75) is 6.36 Å². The minimum Gasteiger partial charge on any atom is -0.406 e. The Kier molecular flexibility index (Phi) is 2.51. The van der Waals surface area contributed by atoms with E-state index in [1.807, 2.05) is 0 Å². The van der Waals surface area contributed by atoms with E-state index in [1.54, 1.807) is 0 Å². The molecule has 16 heavy (non-hydrogen) atoms. The maximum Gasteiger partial charge on any atom is 0.573 e. The molecule has 0 atom stereocenters. The van der Waals surface area contributed by atoms with Gasteiger partial charge in [0.05, 0.1) is 6.20 Å². The van der Waals surface area contributed by atoms with Gasteiger partial charge in [-0.05, 0) is 29.4 Å². The van der Waals surface area contributed by atoms with Gasteiger partial charge in [-0.1, -0.05) is 5.16 Å². The molecule has 84 valence electrons. The number of halogens is 3. The van der Waals surface area contributed by atoms with Gasteiger partial charge in [0.15, 0.2) is 0 Å². The number of aromatic nitrogens is 2. The second kappa shape index (κ2) is 3.84. The van der Waals surface area contributed by atoms with E-state index in [1.165, 1.54) is 30.5 Å². The largest absolute Gasteiger partial charge is 0.573 e. The molecular weight excluding hydrogens is 225 g/mol. The highest BCUT2D eigenvalue weighted by Gasteiger charge is 2.30. The van der Waals surface area contributed by atoms with Crippen molar-refractivity contribution < 1.29 is 22.5 Å². The first-order valence-corrected chi connectivity index (χ1v) is 4.18. The SMILES string of the molecule is FC(F)(F)Oc1ccc(-c2cnon2)cc1. The summed E-state index contributed by atoms with van der Waals surface area (Å²) in [6.45, 7) is 0. The van der Waals surface area contributed by atoms with Crippen LogP contribution in [0.1, 0.15) is 0 Å². The first-order chi connectivity index (χ1) is 7.54. The fourth-order valence-electron chi connectivity index (χ4n) is 1.12. The smallest absolute Gasteiger partial charge is 0.406 e. The Balaban J connectivity index is 2.17. The molecule has 0 aliphatic heterocycles. The van der Waals surface area contributed by atoms with Gasteiger partial charge in [0.2, 0.25) is 0 Å². The Hall–Kier alpha value is -2.05. The number of benzene rings is 1. The number of alkyl halides is 3. The number of hydrogen-bond acceptors (Lipinski definition) is 4. The third-order valence-electron chi connectivity index (χ3n) is 1.74. The first kappa shape index (κ1) is 10.5. The minimum absolute atomic E-state index is 0.285. The van der Waals surface area contributed by atoms with Crippen LogP contribution < -0.4 is 4.74 Å². The zero-order valence-electron chi connectivity index (χ0n) is 7.73. The molecule has 7 heteroatoms. The molecule has 0 fully saturated rings. The van der Waals surface area contributed by atoms with Crippen LogP contribution in [0.15, 0.2) is 35.1 Å². The van der Waals surface area contributed by atoms with Crippen molar-refractivity contribution >= 4 is 0 Å². The number of nitrogens with zero attached hydrogens (tertiary/aromatic N) is 2. The average Bonchev–Trinajstić information content (AvgIpc) is 2.69. The predicted octanol–water partition coefficient (Wildman–Crippen LogP) is 2.64. The highest BCUT2D eigenvalue weighted by molar-refractivity contribution is 5.58. The summed E-state index contributed by atoms with van der Waals surface area (Å²) < 4.78 is 43.7. The molecule has 1 heterocycles. The van der Waals surface area contributed by atoms with Crippen LogP contribution in [-0.4, -0.2) is 16.7 Å². The summed E-state index contributed by atoms with van der Waals surface area (Å²) in [7, 11) is 0. The van der Waals surface area contributed by atoms with Crippen molar-refractivity contribution in [2.75, 3.05) is 0 Å². The van der Waals surface area contributed by atoms with Crippen LogP contribution in [0.3, 0.4) is 0 Å². The molecule has 1 aromatic heterocycles. The van der Waals surface area contributed by atoms with E-state index >= 15 is 0 Å². The maximum absolute atomic E-state index is 11.9. The quantitative estimate of drug-likeness (QED) is 0.795. The Labute approximate surface area is 87.6 Å². The number of ether oxygens (including phenoxy) is 1. The maximum atomic E-state index is 11.9. The predicted molar refractivity (Wildman–Crippen MR) is 46.4 cm³/mol. The number of hydrogen-bond donors (Lipinski definition) is 0. The Morgan fingerprint density at radius 3 is 2.31 bits per heavy atom. The highest BCUT2D eigenvalue weighted by Crippen LogP contribution is 2.25. The van der Waals surface area contributed by atoms with Gasteiger partial charge in [-0.15, -0.1) is 13.2 Å². The lowest BCUT2D eigenvalue weighted by molar-refractivity contribution is -0.274. The fourth-order valence-corrected chi connectivity index (χ4v) is 1.12. The van der Waals surface area contributed by atoms with Crippen molar-refractivity contribution in [3.8, 4) is 17.0 Å². The zero-order valence-corrected chi connectivity index (χ0v) is 7.73. The summed E-state index contributed by atoms with van der Waals surface area (Å²) in [4.78, 5) is 0. The molecule has 0 unspecified atom stereocenters. The van der Waals surface area contributed by atoms with E-state index < -0.39 is 6.36 Å². The molecule has 4 nitrogen and oxygen atoms in total. The van der Waals surface area contributed by atoms with Gasteiger partial charge < -0.3 is 4.74 Å². The molecule has 0 bridgehead atoms. The van der Waals surface area contributed by atoms with E-state index in [0.717, 1.165) is 0 Å². The molecule has 0 aliphatic carbocycles. The molecule has 0 saturated heterocycles. The summed E-state index contributed by atoms with van der Waals surface area (Å²) >= 11 is 0. The van der Waals surface area contributed by atoms with Crippen LogP contribution in [0.5, 0.6) is 5.75 Å². The lowest BCUT2D eigenvalue weighted by atomic mass is 10.2. The molecule has 2 aromatic rings. The Morgan fingerprint density at radius 2 is 1.81 bits per heavy atom. The first-order valence-electron chi connectivity index (χ1n) is 4.18. The van der Waals surface area contributed by atoms with Crippen molar-refractivity contribution in [1.82, 2.24) is 10.3 Å². The minimum atomic E-state index is -4.68. The monoisotopic (exact) mass is 230 g/mol. The Morgan fingerprint density at radius 1 is 1.12 bits per heavy atom. The molecule has 0 spiro atoms. The van der Waals surface area contributed by atoms with Crippen LogP contribution in [0.25, 0.3) is 11.3 Å². The molecule has 0 N–H and O–H groups in total. The van der Waals surface area contributed by atoms with E-state index in [0.29, 0.717) is 11.3 Å². The molecule has 0 aliphatic rings. The second-order valence-corrected chi connectivity index (χ2v) is 2.86. The summed E-state index contributed by atoms with van der Waals surface area (Å²) in [5.41, 5.74) is 1.04. The van der Waals surface area contributed by atoms with Crippen LogP contribution in [0, 0.1) is 0 Å². The fraction of sp³-hybridized carbons (Fsp3) is 0.111. The molecule has 2 rings (SSSR count). The van der Waals surface area contributed by atoms with E-state index in [9.17, 15) is 13.2 Å². The second-order valence-electron chi connectivity index (χ2n) is 2.86. The topological polar surface area (TPSA) is 48.2 Å². The van der Waals surface area contributed by atoms with E-state index in [4.69, 9.17) is 0 Å². The lowest BCUT2D eigenvalue weighted by Gasteiger charge is -2.08. The molecular formula is C9H5F3N2O2. The van der Waals surface area contributed by atoms with Gasteiger partial charge in [0.1, 0.15) is 11.4 Å². The third-order valence-corrected chi connectivity index (χ3v) is 1.74. The van der Waals surface area contributed by atoms with Crippen LogP contribution >= 0.6 is 0 Å². The van der Waals surface area contributed by atoms with Gasteiger partial charge in [0, 0.05) is 5.56 Å². The zero-order chi connectivity index (χ0) is 11.6. The normalized spacial score (nSPS) is 11.4. The van der Waals surface area contributed by atoms with Crippen LogP contribution in [0.2, 0.25) is 0 Å². The van der Waals surface area contributed by atoms with Gasteiger partial charge in [-0.2, -0.15) is 0 Å². The van der Waals surface area contributed by atoms with Gasteiger partial charge in [0.25, 0.3) is 0 Å². The van der Waals surface area contributed by atoms with Crippen LogP contribution in [-0.2, 0) is 0 Å². The highest BCUT2D eigenvalue weighted by atomic mass is 19.4. The number of rotatable bonds is 2. The summed E-state index contributed by atoms with van der Waals surface area (Å²) in [5, 5.41) is 6.92. The van der Waals surface area contributed by atoms with E-state index in [2.05, 4.69) is 19.7 Å². The molecule has 0 radical (unpaired) electrons.